The van der Waals surface area contributed by atoms with Gasteiger partial charge in [-0.05, 0) is 30.7 Å². The Labute approximate surface area is 100 Å². The zero-order chi connectivity index (χ0) is 13.1. The molecule has 1 aromatic carbocycles. The second-order valence-electron chi connectivity index (χ2n) is 3.89. The van der Waals surface area contributed by atoms with Crippen molar-refractivity contribution in [2.45, 2.75) is 6.92 Å². The first-order valence-corrected chi connectivity index (χ1v) is 7.11. The fraction of sp³-hybridized carbons (Fsp3) is 0.364. The van der Waals surface area contributed by atoms with Crippen molar-refractivity contribution in [1.29, 1.82) is 0 Å². The maximum atomic E-state index is 10.9. The molecule has 0 atom stereocenters. The first-order chi connectivity index (χ1) is 7.79. The summed E-state index contributed by atoms with van der Waals surface area (Å²) >= 11 is 0. The number of carbonyl (C=O) groups is 1. The summed E-state index contributed by atoms with van der Waals surface area (Å²) in [6, 6.07) is 4.67. The van der Waals surface area contributed by atoms with Crippen LogP contribution < -0.4 is 5.32 Å². The molecule has 0 amide bonds. The Morgan fingerprint density at radius 2 is 2.06 bits per heavy atom. The predicted octanol–water partition coefficient (Wildman–Crippen LogP) is 1.15. The number of nitrogens with one attached hydrogen (secondary N) is 1. The van der Waals surface area contributed by atoms with Crippen molar-refractivity contribution >= 4 is 21.5 Å². The van der Waals surface area contributed by atoms with Crippen molar-refractivity contribution in [3.8, 4) is 0 Å². The van der Waals surface area contributed by atoms with Crippen molar-refractivity contribution in [3.63, 3.8) is 0 Å². The molecule has 0 spiro atoms. The average molecular weight is 257 g/mol. The molecular formula is C11H15NO4S. The van der Waals surface area contributed by atoms with E-state index in [0.29, 0.717) is 6.54 Å². The normalized spacial score (nSPS) is 11.2. The number of carboxylic acids is 1. The van der Waals surface area contributed by atoms with Crippen LogP contribution in [0.4, 0.5) is 5.69 Å². The van der Waals surface area contributed by atoms with Crippen LogP contribution in [0.5, 0.6) is 0 Å². The van der Waals surface area contributed by atoms with Crippen molar-refractivity contribution in [1.82, 2.24) is 0 Å². The molecule has 17 heavy (non-hydrogen) atoms. The van der Waals surface area contributed by atoms with Gasteiger partial charge in [-0.1, -0.05) is 0 Å². The molecule has 0 saturated carbocycles. The molecule has 0 saturated heterocycles. The summed E-state index contributed by atoms with van der Waals surface area (Å²) in [7, 11) is -2.99. The summed E-state index contributed by atoms with van der Waals surface area (Å²) in [6.07, 6.45) is 1.18. The second kappa shape index (κ2) is 5.18. The first kappa shape index (κ1) is 13.5. The molecule has 0 radical (unpaired) electrons. The molecule has 0 heterocycles. The first-order valence-electron chi connectivity index (χ1n) is 5.05. The number of hydrogen-bond donors (Lipinski definition) is 2. The number of anilines is 1. The van der Waals surface area contributed by atoms with Gasteiger partial charge in [-0.3, -0.25) is 0 Å². The summed E-state index contributed by atoms with van der Waals surface area (Å²) in [5.74, 6) is -0.927. The molecule has 5 nitrogen and oxygen atoms in total. The Balaban J connectivity index is 2.70. The highest BCUT2D eigenvalue weighted by molar-refractivity contribution is 7.90. The van der Waals surface area contributed by atoms with Gasteiger partial charge in [0.25, 0.3) is 0 Å². The number of rotatable bonds is 5. The molecule has 1 aromatic rings. The van der Waals surface area contributed by atoms with E-state index in [1.54, 1.807) is 19.1 Å². The molecule has 2 N–H and O–H groups in total. The minimum absolute atomic E-state index is 0.0487. The Kier molecular flexibility index (Phi) is 4.11. The van der Waals surface area contributed by atoms with E-state index in [1.807, 2.05) is 0 Å². The van der Waals surface area contributed by atoms with Crippen LogP contribution in [0.3, 0.4) is 0 Å². The largest absolute Gasteiger partial charge is 0.478 e. The van der Waals surface area contributed by atoms with Crippen molar-refractivity contribution in [2.75, 3.05) is 23.9 Å². The highest BCUT2D eigenvalue weighted by Crippen LogP contribution is 2.16. The summed E-state index contributed by atoms with van der Waals surface area (Å²) in [5.41, 5.74) is 1.74. The van der Waals surface area contributed by atoms with E-state index in [9.17, 15) is 13.2 Å². The lowest BCUT2D eigenvalue weighted by Crippen LogP contribution is -2.14. The summed E-state index contributed by atoms with van der Waals surface area (Å²) in [6.45, 7) is 2.08. The number of aryl methyl sites for hydroxylation is 1. The van der Waals surface area contributed by atoms with Gasteiger partial charge in [0.05, 0.1) is 11.3 Å². The van der Waals surface area contributed by atoms with E-state index in [1.165, 1.54) is 12.3 Å². The predicted molar refractivity (Wildman–Crippen MR) is 66.3 cm³/mol. The maximum absolute atomic E-state index is 10.9. The van der Waals surface area contributed by atoms with E-state index in [-0.39, 0.29) is 11.3 Å². The number of aromatic carboxylic acids is 1. The molecule has 0 unspecified atom stereocenters. The number of sulfone groups is 1. The van der Waals surface area contributed by atoms with Crippen LogP contribution in [0.2, 0.25) is 0 Å². The third kappa shape index (κ3) is 4.44. The average Bonchev–Trinajstić information content (AvgIpc) is 2.18. The number of carboxylic acid groups (broad SMARTS) is 1. The fourth-order valence-corrected chi connectivity index (χ4v) is 1.84. The quantitative estimate of drug-likeness (QED) is 0.826. The molecule has 6 heteroatoms. The van der Waals surface area contributed by atoms with Crippen LogP contribution in [0.1, 0.15) is 15.9 Å². The van der Waals surface area contributed by atoms with Gasteiger partial charge in [0.15, 0.2) is 0 Å². The smallest absolute Gasteiger partial charge is 0.335 e. The third-order valence-corrected chi connectivity index (χ3v) is 3.21. The molecule has 1 rings (SSSR count). The lowest BCUT2D eigenvalue weighted by Gasteiger charge is -2.09. The van der Waals surface area contributed by atoms with E-state index < -0.39 is 15.8 Å². The van der Waals surface area contributed by atoms with Crippen LogP contribution in [0, 0.1) is 6.92 Å². The summed E-state index contributed by atoms with van der Waals surface area (Å²) < 4.78 is 21.9. The van der Waals surface area contributed by atoms with E-state index in [0.717, 1.165) is 11.3 Å². The zero-order valence-electron chi connectivity index (χ0n) is 9.73. The Bertz CT molecular complexity index is 522. The van der Waals surface area contributed by atoms with Gasteiger partial charge in [-0.15, -0.1) is 0 Å². The van der Waals surface area contributed by atoms with Gasteiger partial charge < -0.3 is 10.4 Å². The molecule has 0 aromatic heterocycles. The molecule has 0 aliphatic carbocycles. The lowest BCUT2D eigenvalue weighted by atomic mass is 10.1. The second-order valence-corrected chi connectivity index (χ2v) is 6.15. The van der Waals surface area contributed by atoms with E-state index in [4.69, 9.17) is 5.11 Å². The fourth-order valence-electron chi connectivity index (χ4n) is 1.37. The molecule has 0 bridgehead atoms. The van der Waals surface area contributed by atoms with Crippen LogP contribution >= 0.6 is 0 Å². The molecular weight excluding hydrogens is 242 g/mol. The summed E-state index contributed by atoms with van der Waals surface area (Å²) in [5, 5.41) is 11.7. The van der Waals surface area contributed by atoms with Crippen LogP contribution in [0.15, 0.2) is 18.2 Å². The molecule has 0 aliphatic rings. The Morgan fingerprint density at radius 1 is 1.41 bits per heavy atom. The SMILES string of the molecule is Cc1cc(C(=O)O)ccc1NCCS(C)(=O)=O. The van der Waals surface area contributed by atoms with Gasteiger partial charge in [-0.2, -0.15) is 0 Å². The van der Waals surface area contributed by atoms with Gasteiger partial charge in [0.1, 0.15) is 9.84 Å². The topological polar surface area (TPSA) is 83.5 Å². The third-order valence-electron chi connectivity index (χ3n) is 2.26. The van der Waals surface area contributed by atoms with Crippen molar-refractivity contribution in [2.24, 2.45) is 0 Å². The van der Waals surface area contributed by atoms with E-state index >= 15 is 0 Å². The highest BCUT2D eigenvalue weighted by atomic mass is 32.2. The summed E-state index contributed by atoms with van der Waals surface area (Å²) in [4.78, 5) is 10.7. The lowest BCUT2D eigenvalue weighted by molar-refractivity contribution is 0.0697. The Morgan fingerprint density at radius 3 is 2.53 bits per heavy atom. The van der Waals surface area contributed by atoms with Gasteiger partial charge in [0.2, 0.25) is 0 Å². The van der Waals surface area contributed by atoms with Crippen LogP contribution in [0.25, 0.3) is 0 Å². The van der Waals surface area contributed by atoms with Crippen molar-refractivity contribution < 1.29 is 18.3 Å². The number of hydrogen-bond acceptors (Lipinski definition) is 4. The molecule has 0 fully saturated rings. The zero-order valence-corrected chi connectivity index (χ0v) is 10.5. The van der Waals surface area contributed by atoms with E-state index in [2.05, 4.69) is 5.32 Å². The highest BCUT2D eigenvalue weighted by Gasteiger charge is 2.06. The Hall–Kier alpha value is -1.56. The van der Waals surface area contributed by atoms with Crippen molar-refractivity contribution in [3.05, 3.63) is 29.3 Å². The minimum Gasteiger partial charge on any atom is -0.478 e. The van der Waals surface area contributed by atoms with Crippen LogP contribution in [-0.2, 0) is 9.84 Å². The van der Waals surface area contributed by atoms with Gasteiger partial charge in [0, 0.05) is 18.5 Å². The van der Waals surface area contributed by atoms with Gasteiger partial charge >= 0.3 is 5.97 Å². The monoisotopic (exact) mass is 257 g/mol. The van der Waals surface area contributed by atoms with Crippen LogP contribution in [-0.4, -0.2) is 38.0 Å². The molecule has 0 aliphatic heterocycles. The molecule has 94 valence electrons. The van der Waals surface area contributed by atoms with Gasteiger partial charge in [-0.25, -0.2) is 13.2 Å². The standard InChI is InChI=1S/C11H15NO4S/c1-8-7-9(11(13)14)3-4-10(8)12-5-6-17(2,15)16/h3-4,7,12H,5-6H2,1-2H3,(H,13,14). The number of benzene rings is 1. The minimum atomic E-state index is -2.99. The maximum Gasteiger partial charge on any atom is 0.335 e.